The number of hydrogen-bond donors (Lipinski definition) is 1. The van der Waals surface area contributed by atoms with Crippen molar-refractivity contribution in [3.63, 3.8) is 0 Å². The fourth-order valence-electron chi connectivity index (χ4n) is 2.42. The Bertz CT molecular complexity index is 386. The van der Waals surface area contributed by atoms with Gasteiger partial charge in [-0.05, 0) is 36.5 Å². The van der Waals surface area contributed by atoms with Crippen molar-refractivity contribution < 1.29 is 4.79 Å². The number of carbonyl (C=O) groups is 1. The first-order chi connectivity index (χ1) is 8.28. The van der Waals surface area contributed by atoms with Crippen LogP contribution in [0.4, 0.5) is 5.69 Å². The van der Waals surface area contributed by atoms with E-state index in [0.717, 1.165) is 11.3 Å². The lowest BCUT2D eigenvalue weighted by molar-refractivity contribution is -0.117. The van der Waals surface area contributed by atoms with Gasteiger partial charge in [0.15, 0.2) is 0 Å². The number of halogens is 1. The standard InChI is InChI=1S/C14H18ClNO/c15-10-12-6-3-7-13(8-12)16-14(17)9-11-4-1-2-5-11/h3,6-8,11H,1-2,4-5,9-10H2,(H,16,17). The van der Waals surface area contributed by atoms with Crippen LogP contribution in [0.1, 0.15) is 37.7 Å². The van der Waals surface area contributed by atoms with Gasteiger partial charge < -0.3 is 5.32 Å². The summed E-state index contributed by atoms with van der Waals surface area (Å²) in [5.41, 5.74) is 1.89. The van der Waals surface area contributed by atoms with Crippen LogP contribution in [0.3, 0.4) is 0 Å². The van der Waals surface area contributed by atoms with Crippen molar-refractivity contribution in [2.24, 2.45) is 5.92 Å². The van der Waals surface area contributed by atoms with Gasteiger partial charge in [-0.1, -0.05) is 25.0 Å². The minimum absolute atomic E-state index is 0.128. The van der Waals surface area contributed by atoms with E-state index in [2.05, 4.69) is 5.32 Å². The molecule has 0 aliphatic heterocycles. The van der Waals surface area contributed by atoms with Crippen molar-refractivity contribution in [1.82, 2.24) is 0 Å². The predicted octanol–water partition coefficient (Wildman–Crippen LogP) is 3.94. The molecule has 0 saturated heterocycles. The lowest BCUT2D eigenvalue weighted by Gasteiger charge is -2.10. The number of rotatable bonds is 4. The van der Waals surface area contributed by atoms with Gasteiger partial charge in [0.25, 0.3) is 0 Å². The van der Waals surface area contributed by atoms with Crippen LogP contribution in [0.15, 0.2) is 24.3 Å². The third-order valence-corrected chi connectivity index (χ3v) is 3.62. The second-order valence-electron chi connectivity index (χ2n) is 4.74. The summed E-state index contributed by atoms with van der Waals surface area (Å²) in [6, 6.07) is 7.71. The summed E-state index contributed by atoms with van der Waals surface area (Å²) in [6.45, 7) is 0. The molecule has 1 N–H and O–H groups in total. The molecule has 2 rings (SSSR count). The van der Waals surface area contributed by atoms with E-state index in [0.29, 0.717) is 18.2 Å². The zero-order chi connectivity index (χ0) is 12.1. The molecule has 0 heterocycles. The van der Waals surface area contributed by atoms with Crippen LogP contribution >= 0.6 is 11.6 Å². The highest BCUT2D eigenvalue weighted by molar-refractivity contribution is 6.17. The van der Waals surface area contributed by atoms with Crippen molar-refractivity contribution in [1.29, 1.82) is 0 Å². The molecule has 17 heavy (non-hydrogen) atoms. The molecule has 1 amide bonds. The maximum Gasteiger partial charge on any atom is 0.224 e. The summed E-state index contributed by atoms with van der Waals surface area (Å²) >= 11 is 5.76. The maximum absolute atomic E-state index is 11.8. The van der Waals surface area contributed by atoms with Gasteiger partial charge in [0, 0.05) is 18.0 Å². The summed E-state index contributed by atoms with van der Waals surface area (Å²) in [5, 5.41) is 2.95. The quantitative estimate of drug-likeness (QED) is 0.807. The molecule has 0 radical (unpaired) electrons. The topological polar surface area (TPSA) is 29.1 Å². The average Bonchev–Trinajstić information content (AvgIpc) is 2.82. The highest BCUT2D eigenvalue weighted by Crippen LogP contribution is 2.27. The lowest BCUT2D eigenvalue weighted by atomic mass is 10.0. The molecule has 0 spiro atoms. The van der Waals surface area contributed by atoms with E-state index in [9.17, 15) is 4.79 Å². The summed E-state index contributed by atoms with van der Waals surface area (Å²) < 4.78 is 0. The zero-order valence-electron chi connectivity index (χ0n) is 9.92. The monoisotopic (exact) mass is 251 g/mol. The minimum atomic E-state index is 0.128. The summed E-state index contributed by atoms with van der Waals surface area (Å²) in [5.74, 6) is 1.20. The molecule has 1 aromatic carbocycles. The van der Waals surface area contributed by atoms with Crippen LogP contribution in [0, 0.1) is 5.92 Å². The third kappa shape index (κ3) is 3.74. The molecule has 0 aromatic heterocycles. The Morgan fingerprint density at radius 1 is 1.35 bits per heavy atom. The van der Waals surface area contributed by atoms with Crippen LogP contribution in [0.5, 0.6) is 0 Å². The van der Waals surface area contributed by atoms with Gasteiger partial charge in [-0.2, -0.15) is 0 Å². The Hall–Kier alpha value is -1.02. The molecule has 1 saturated carbocycles. The SMILES string of the molecule is O=C(CC1CCCC1)Nc1cccc(CCl)c1. The van der Waals surface area contributed by atoms with Crippen molar-refractivity contribution in [2.75, 3.05) is 5.32 Å². The van der Waals surface area contributed by atoms with Crippen LogP contribution in [-0.2, 0) is 10.7 Å². The molecule has 3 heteroatoms. The van der Waals surface area contributed by atoms with E-state index in [4.69, 9.17) is 11.6 Å². The minimum Gasteiger partial charge on any atom is -0.326 e. The summed E-state index contributed by atoms with van der Waals surface area (Å²) in [4.78, 5) is 11.8. The Morgan fingerprint density at radius 3 is 2.82 bits per heavy atom. The number of benzene rings is 1. The summed E-state index contributed by atoms with van der Waals surface area (Å²) in [7, 11) is 0. The molecule has 0 atom stereocenters. The van der Waals surface area contributed by atoms with Crippen LogP contribution in [0.25, 0.3) is 0 Å². The van der Waals surface area contributed by atoms with Crippen LogP contribution in [0.2, 0.25) is 0 Å². The Labute approximate surface area is 107 Å². The van der Waals surface area contributed by atoms with Gasteiger partial charge in [0.2, 0.25) is 5.91 Å². The van der Waals surface area contributed by atoms with E-state index < -0.39 is 0 Å². The van der Waals surface area contributed by atoms with Gasteiger partial charge >= 0.3 is 0 Å². The zero-order valence-corrected chi connectivity index (χ0v) is 10.7. The molecular weight excluding hydrogens is 234 g/mol. The number of alkyl halides is 1. The molecule has 0 bridgehead atoms. The molecular formula is C14H18ClNO. The number of amides is 1. The number of hydrogen-bond acceptors (Lipinski definition) is 1. The highest BCUT2D eigenvalue weighted by Gasteiger charge is 2.18. The van der Waals surface area contributed by atoms with Crippen molar-refractivity contribution >= 4 is 23.2 Å². The lowest BCUT2D eigenvalue weighted by Crippen LogP contribution is -2.15. The maximum atomic E-state index is 11.8. The van der Waals surface area contributed by atoms with Crippen molar-refractivity contribution in [3.05, 3.63) is 29.8 Å². The average molecular weight is 252 g/mol. The second kappa shape index (κ2) is 6.06. The Kier molecular flexibility index (Phi) is 4.43. The first-order valence-electron chi connectivity index (χ1n) is 6.22. The molecule has 1 aliphatic rings. The fraction of sp³-hybridized carbons (Fsp3) is 0.500. The van der Waals surface area contributed by atoms with Gasteiger partial charge in [-0.15, -0.1) is 11.6 Å². The van der Waals surface area contributed by atoms with Crippen LogP contribution in [-0.4, -0.2) is 5.91 Å². The normalized spacial score (nSPS) is 16.1. The second-order valence-corrected chi connectivity index (χ2v) is 5.00. The molecule has 1 aliphatic carbocycles. The van der Waals surface area contributed by atoms with Gasteiger partial charge in [-0.25, -0.2) is 0 Å². The Balaban J connectivity index is 1.88. The van der Waals surface area contributed by atoms with E-state index in [-0.39, 0.29) is 5.91 Å². The smallest absolute Gasteiger partial charge is 0.224 e. The van der Waals surface area contributed by atoms with E-state index in [1.54, 1.807) is 0 Å². The fourth-order valence-corrected chi connectivity index (χ4v) is 2.59. The molecule has 0 unspecified atom stereocenters. The largest absolute Gasteiger partial charge is 0.326 e. The van der Waals surface area contributed by atoms with Gasteiger partial charge in [-0.3, -0.25) is 4.79 Å². The number of carbonyl (C=O) groups excluding carboxylic acids is 1. The van der Waals surface area contributed by atoms with E-state index in [1.807, 2.05) is 24.3 Å². The highest BCUT2D eigenvalue weighted by atomic mass is 35.5. The predicted molar refractivity (Wildman–Crippen MR) is 71.2 cm³/mol. The Morgan fingerprint density at radius 2 is 2.12 bits per heavy atom. The summed E-state index contributed by atoms with van der Waals surface area (Å²) in [6.07, 6.45) is 5.62. The number of anilines is 1. The van der Waals surface area contributed by atoms with E-state index >= 15 is 0 Å². The first-order valence-corrected chi connectivity index (χ1v) is 6.76. The molecule has 92 valence electrons. The molecule has 1 aromatic rings. The number of nitrogens with one attached hydrogen (secondary N) is 1. The van der Waals surface area contributed by atoms with E-state index in [1.165, 1.54) is 25.7 Å². The van der Waals surface area contributed by atoms with Gasteiger partial charge in [0.1, 0.15) is 0 Å². The van der Waals surface area contributed by atoms with Gasteiger partial charge in [0.05, 0.1) is 0 Å². The third-order valence-electron chi connectivity index (χ3n) is 3.31. The molecule has 2 nitrogen and oxygen atoms in total. The van der Waals surface area contributed by atoms with Crippen molar-refractivity contribution in [3.8, 4) is 0 Å². The molecule has 1 fully saturated rings. The van der Waals surface area contributed by atoms with Crippen LogP contribution < -0.4 is 5.32 Å². The first kappa shape index (κ1) is 12.4. The van der Waals surface area contributed by atoms with Crippen molar-refractivity contribution in [2.45, 2.75) is 38.0 Å².